The van der Waals surface area contributed by atoms with Gasteiger partial charge in [-0.2, -0.15) is 0 Å². The normalized spacial score (nSPS) is 18.9. The summed E-state index contributed by atoms with van der Waals surface area (Å²) in [7, 11) is -3.56. The van der Waals surface area contributed by atoms with Gasteiger partial charge in [0, 0.05) is 11.9 Å². The monoisotopic (exact) mass is 363 g/mol. The van der Waals surface area contributed by atoms with Gasteiger partial charge in [-0.25, -0.2) is 17.5 Å². The summed E-state index contributed by atoms with van der Waals surface area (Å²) in [5, 5.41) is 0.798. The molecule has 20 heavy (non-hydrogen) atoms. The van der Waals surface area contributed by atoms with Crippen molar-refractivity contribution >= 4 is 26.0 Å². The Bertz CT molecular complexity index is 539. The molecule has 0 heterocycles. The van der Waals surface area contributed by atoms with E-state index in [2.05, 4.69) is 20.7 Å². The SMILES string of the molecule is O=S(=O)(NCC1(CBr)CCCCC1)c1ccc(F)cc1. The van der Waals surface area contributed by atoms with Gasteiger partial charge in [-0.1, -0.05) is 35.2 Å². The standard InChI is InChI=1S/C14H19BrFNO2S/c15-10-14(8-2-1-3-9-14)11-17-20(18,19)13-6-4-12(16)5-7-13/h4-7,17H,1-3,8-11H2. The molecule has 1 fully saturated rings. The first kappa shape index (κ1) is 15.9. The fourth-order valence-corrected chi connectivity index (χ4v) is 4.52. The van der Waals surface area contributed by atoms with E-state index in [-0.39, 0.29) is 10.3 Å². The van der Waals surface area contributed by atoms with E-state index in [9.17, 15) is 12.8 Å². The van der Waals surface area contributed by atoms with Gasteiger partial charge in [0.2, 0.25) is 10.0 Å². The lowest BCUT2D eigenvalue weighted by Gasteiger charge is -2.35. The maximum Gasteiger partial charge on any atom is 0.240 e. The highest BCUT2D eigenvalue weighted by molar-refractivity contribution is 9.09. The number of alkyl halides is 1. The van der Waals surface area contributed by atoms with Crippen LogP contribution >= 0.6 is 15.9 Å². The first-order valence-corrected chi connectivity index (χ1v) is 9.39. The zero-order valence-electron chi connectivity index (χ0n) is 11.2. The van der Waals surface area contributed by atoms with Crippen LogP contribution in [0.25, 0.3) is 0 Å². The number of sulfonamides is 1. The van der Waals surface area contributed by atoms with E-state index in [1.165, 1.54) is 18.6 Å². The summed E-state index contributed by atoms with van der Waals surface area (Å²) < 4.78 is 39.9. The molecule has 112 valence electrons. The second-order valence-corrected chi connectivity index (χ2v) is 7.80. The minimum Gasteiger partial charge on any atom is -0.211 e. The van der Waals surface area contributed by atoms with Crippen molar-refractivity contribution < 1.29 is 12.8 Å². The van der Waals surface area contributed by atoms with Crippen LogP contribution in [-0.4, -0.2) is 20.3 Å². The molecule has 1 aliphatic carbocycles. The van der Waals surface area contributed by atoms with Crippen LogP contribution in [0.1, 0.15) is 32.1 Å². The Morgan fingerprint density at radius 1 is 1.15 bits per heavy atom. The Kier molecular flexibility index (Phi) is 5.20. The van der Waals surface area contributed by atoms with Crippen LogP contribution in [0, 0.1) is 11.2 Å². The van der Waals surface area contributed by atoms with Crippen molar-refractivity contribution in [1.82, 2.24) is 4.72 Å². The Labute approximate surface area is 128 Å². The van der Waals surface area contributed by atoms with Crippen LogP contribution in [0.5, 0.6) is 0 Å². The summed E-state index contributed by atoms with van der Waals surface area (Å²) >= 11 is 3.52. The number of nitrogens with one attached hydrogen (secondary N) is 1. The molecular weight excluding hydrogens is 345 g/mol. The highest BCUT2D eigenvalue weighted by atomic mass is 79.9. The Balaban J connectivity index is 2.06. The Morgan fingerprint density at radius 3 is 2.30 bits per heavy atom. The van der Waals surface area contributed by atoms with E-state index in [0.717, 1.165) is 43.1 Å². The molecule has 0 atom stereocenters. The second kappa shape index (κ2) is 6.54. The molecule has 0 bridgehead atoms. The zero-order valence-corrected chi connectivity index (χ0v) is 13.6. The fraction of sp³-hybridized carbons (Fsp3) is 0.571. The summed E-state index contributed by atoms with van der Waals surface area (Å²) in [5.41, 5.74) is 0.00531. The first-order valence-electron chi connectivity index (χ1n) is 6.79. The van der Waals surface area contributed by atoms with Gasteiger partial charge in [0.15, 0.2) is 0 Å². The van der Waals surface area contributed by atoms with E-state index in [1.54, 1.807) is 0 Å². The topological polar surface area (TPSA) is 46.2 Å². The molecule has 0 unspecified atom stereocenters. The summed E-state index contributed by atoms with van der Waals surface area (Å²) in [4.78, 5) is 0.111. The van der Waals surface area contributed by atoms with Crippen molar-refractivity contribution in [2.45, 2.75) is 37.0 Å². The maximum atomic E-state index is 12.8. The van der Waals surface area contributed by atoms with Crippen molar-refractivity contribution in [2.24, 2.45) is 5.41 Å². The highest BCUT2D eigenvalue weighted by Crippen LogP contribution is 2.37. The average Bonchev–Trinajstić information content (AvgIpc) is 2.47. The lowest BCUT2D eigenvalue weighted by Crippen LogP contribution is -2.40. The summed E-state index contributed by atoms with van der Waals surface area (Å²) in [6, 6.07) is 4.91. The third-order valence-corrected chi connectivity index (χ3v) is 6.57. The molecule has 0 saturated heterocycles. The first-order chi connectivity index (χ1) is 9.47. The van der Waals surface area contributed by atoms with Gasteiger partial charge in [0.25, 0.3) is 0 Å². The number of hydrogen-bond acceptors (Lipinski definition) is 2. The van der Waals surface area contributed by atoms with Gasteiger partial charge >= 0.3 is 0 Å². The number of benzene rings is 1. The van der Waals surface area contributed by atoms with Crippen molar-refractivity contribution in [3.05, 3.63) is 30.1 Å². The molecule has 1 saturated carbocycles. The lowest BCUT2D eigenvalue weighted by atomic mass is 9.76. The van der Waals surface area contributed by atoms with E-state index in [0.29, 0.717) is 6.54 Å². The molecule has 1 aromatic carbocycles. The van der Waals surface area contributed by atoms with E-state index in [1.807, 2.05) is 0 Å². The zero-order chi connectivity index (χ0) is 14.6. The van der Waals surface area contributed by atoms with Gasteiger partial charge in [0.05, 0.1) is 4.90 Å². The lowest BCUT2D eigenvalue weighted by molar-refractivity contribution is 0.227. The Morgan fingerprint density at radius 2 is 1.75 bits per heavy atom. The third kappa shape index (κ3) is 3.80. The molecule has 0 amide bonds. The van der Waals surface area contributed by atoms with E-state index in [4.69, 9.17) is 0 Å². The largest absolute Gasteiger partial charge is 0.240 e. The van der Waals surface area contributed by atoms with E-state index >= 15 is 0 Å². The molecule has 1 N–H and O–H groups in total. The van der Waals surface area contributed by atoms with Crippen LogP contribution in [0.2, 0.25) is 0 Å². The highest BCUT2D eigenvalue weighted by Gasteiger charge is 2.32. The van der Waals surface area contributed by atoms with Crippen LogP contribution < -0.4 is 4.72 Å². The van der Waals surface area contributed by atoms with Crippen LogP contribution in [0.4, 0.5) is 4.39 Å². The molecule has 1 aromatic rings. The number of hydrogen-bond donors (Lipinski definition) is 1. The van der Waals surface area contributed by atoms with E-state index < -0.39 is 15.8 Å². The molecule has 0 radical (unpaired) electrons. The quantitative estimate of drug-likeness (QED) is 0.814. The van der Waals surface area contributed by atoms with Gasteiger partial charge in [-0.05, 0) is 42.5 Å². The molecule has 1 aliphatic rings. The smallest absolute Gasteiger partial charge is 0.211 e. The van der Waals surface area contributed by atoms with Crippen molar-refractivity contribution in [2.75, 3.05) is 11.9 Å². The molecule has 0 spiro atoms. The van der Waals surface area contributed by atoms with Crippen LogP contribution in [0.15, 0.2) is 29.2 Å². The van der Waals surface area contributed by atoms with Crippen LogP contribution in [0.3, 0.4) is 0 Å². The third-order valence-electron chi connectivity index (χ3n) is 3.96. The predicted octanol–water partition coefficient (Wildman–Crippen LogP) is 3.45. The van der Waals surface area contributed by atoms with Gasteiger partial charge in [0.1, 0.15) is 5.82 Å². The minimum absolute atomic E-state index is 0.00531. The van der Waals surface area contributed by atoms with Crippen molar-refractivity contribution in [3.8, 4) is 0 Å². The molecule has 2 rings (SSSR count). The summed E-state index contributed by atoms with van der Waals surface area (Å²) in [6.45, 7) is 0.429. The molecule has 6 heteroatoms. The van der Waals surface area contributed by atoms with Gasteiger partial charge in [-0.3, -0.25) is 0 Å². The minimum atomic E-state index is -3.56. The van der Waals surface area contributed by atoms with Crippen molar-refractivity contribution in [3.63, 3.8) is 0 Å². The van der Waals surface area contributed by atoms with Gasteiger partial charge in [-0.15, -0.1) is 0 Å². The predicted molar refractivity (Wildman–Crippen MR) is 80.9 cm³/mol. The maximum absolute atomic E-state index is 12.8. The summed E-state index contributed by atoms with van der Waals surface area (Å²) in [5.74, 6) is -0.437. The fourth-order valence-electron chi connectivity index (χ4n) is 2.60. The molecule has 0 aliphatic heterocycles. The van der Waals surface area contributed by atoms with Gasteiger partial charge < -0.3 is 0 Å². The molecule has 0 aromatic heterocycles. The summed E-state index contributed by atoms with van der Waals surface area (Å²) in [6.07, 6.45) is 5.57. The number of halogens is 2. The molecular formula is C14H19BrFNO2S. The average molecular weight is 364 g/mol. The van der Waals surface area contributed by atoms with Crippen molar-refractivity contribution in [1.29, 1.82) is 0 Å². The number of rotatable bonds is 5. The molecule has 3 nitrogen and oxygen atoms in total. The Hall–Kier alpha value is -0.460. The second-order valence-electron chi connectivity index (χ2n) is 5.47. The van der Waals surface area contributed by atoms with Crippen LogP contribution in [-0.2, 0) is 10.0 Å².